The summed E-state index contributed by atoms with van der Waals surface area (Å²) in [6.45, 7) is 6.66. The van der Waals surface area contributed by atoms with Crippen molar-refractivity contribution in [2.24, 2.45) is 5.73 Å². The van der Waals surface area contributed by atoms with E-state index in [4.69, 9.17) is 28.9 Å². The molecule has 2 aromatic rings. The summed E-state index contributed by atoms with van der Waals surface area (Å²) < 4.78 is 0. The van der Waals surface area contributed by atoms with Crippen molar-refractivity contribution in [1.29, 1.82) is 0 Å². The predicted octanol–water partition coefficient (Wildman–Crippen LogP) is 5.40. The molecule has 2 N–H and O–H groups in total. The van der Waals surface area contributed by atoms with Crippen LogP contribution in [0.15, 0.2) is 42.5 Å². The van der Waals surface area contributed by atoms with E-state index in [9.17, 15) is 0 Å². The Morgan fingerprint density at radius 2 is 1.41 bits per heavy atom. The van der Waals surface area contributed by atoms with Crippen LogP contribution in [0.25, 0.3) is 0 Å². The molecule has 118 valence electrons. The van der Waals surface area contributed by atoms with Crippen molar-refractivity contribution in [2.75, 3.05) is 0 Å². The second-order valence-electron chi connectivity index (χ2n) is 6.86. The highest BCUT2D eigenvalue weighted by Crippen LogP contribution is 2.24. The monoisotopic (exact) mass is 335 g/mol. The first-order valence-corrected chi connectivity index (χ1v) is 8.30. The number of hydrogen-bond donors (Lipinski definition) is 1. The first kappa shape index (κ1) is 17.3. The molecular weight excluding hydrogens is 313 g/mol. The van der Waals surface area contributed by atoms with Crippen molar-refractivity contribution in [3.05, 3.63) is 69.2 Å². The topological polar surface area (TPSA) is 26.0 Å². The summed E-state index contributed by atoms with van der Waals surface area (Å²) in [4.78, 5) is 0. The summed E-state index contributed by atoms with van der Waals surface area (Å²) >= 11 is 12.0. The molecule has 0 bridgehead atoms. The predicted molar refractivity (Wildman–Crippen MR) is 97.0 cm³/mol. The van der Waals surface area contributed by atoms with Gasteiger partial charge in [0, 0.05) is 6.04 Å². The number of benzene rings is 2. The van der Waals surface area contributed by atoms with E-state index in [1.165, 1.54) is 11.1 Å². The standard InChI is InChI=1S/C19H23Cl2N/c1-19(2,3)15-7-4-13(5-8-15)10-16(22)11-14-6-9-17(20)18(21)12-14/h4-9,12,16H,10-11,22H2,1-3H3. The van der Waals surface area contributed by atoms with Crippen molar-refractivity contribution in [1.82, 2.24) is 0 Å². The molecule has 1 unspecified atom stereocenters. The van der Waals surface area contributed by atoms with Gasteiger partial charge in [0.1, 0.15) is 0 Å². The summed E-state index contributed by atoms with van der Waals surface area (Å²) in [6.07, 6.45) is 1.64. The van der Waals surface area contributed by atoms with Crippen LogP contribution < -0.4 is 5.73 Å². The average molecular weight is 336 g/mol. The molecule has 3 heteroatoms. The van der Waals surface area contributed by atoms with Gasteiger partial charge in [-0.15, -0.1) is 0 Å². The van der Waals surface area contributed by atoms with Crippen LogP contribution in [-0.2, 0) is 18.3 Å². The maximum atomic E-state index is 6.27. The Labute approximate surface area is 143 Å². The molecule has 0 aliphatic carbocycles. The summed E-state index contributed by atoms with van der Waals surface area (Å²) in [5, 5.41) is 1.16. The van der Waals surface area contributed by atoms with Gasteiger partial charge in [-0.05, 0) is 47.1 Å². The van der Waals surface area contributed by atoms with Crippen molar-refractivity contribution >= 4 is 23.2 Å². The molecule has 1 atom stereocenters. The Morgan fingerprint density at radius 3 is 1.95 bits per heavy atom. The van der Waals surface area contributed by atoms with Crippen molar-refractivity contribution in [2.45, 2.75) is 45.1 Å². The molecule has 1 nitrogen and oxygen atoms in total. The number of nitrogens with two attached hydrogens (primary N) is 1. The zero-order valence-corrected chi connectivity index (χ0v) is 14.9. The Bertz CT molecular complexity index is 627. The van der Waals surface area contributed by atoms with E-state index in [1.807, 2.05) is 18.2 Å². The van der Waals surface area contributed by atoms with Crippen LogP contribution in [0.3, 0.4) is 0 Å². The lowest BCUT2D eigenvalue weighted by Crippen LogP contribution is -2.25. The minimum Gasteiger partial charge on any atom is -0.327 e. The van der Waals surface area contributed by atoms with Crippen LogP contribution in [0.1, 0.15) is 37.5 Å². The molecule has 0 aliphatic rings. The molecule has 2 rings (SSSR count). The van der Waals surface area contributed by atoms with Gasteiger partial charge in [-0.25, -0.2) is 0 Å². The third-order valence-corrected chi connectivity index (χ3v) is 4.54. The fourth-order valence-electron chi connectivity index (χ4n) is 2.49. The molecule has 0 fully saturated rings. The van der Waals surface area contributed by atoms with E-state index in [1.54, 1.807) is 0 Å². The Hall–Kier alpha value is -1.02. The first-order valence-electron chi connectivity index (χ1n) is 7.54. The molecule has 0 aromatic heterocycles. The highest BCUT2D eigenvalue weighted by Gasteiger charge is 2.13. The summed E-state index contributed by atoms with van der Waals surface area (Å²) in [6, 6.07) is 14.5. The van der Waals surface area contributed by atoms with Gasteiger partial charge in [0.2, 0.25) is 0 Å². The SMILES string of the molecule is CC(C)(C)c1ccc(CC(N)Cc2ccc(Cl)c(Cl)c2)cc1. The van der Waals surface area contributed by atoms with Gasteiger partial charge in [0.15, 0.2) is 0 Å². The zero-order valence-electron chi connectivity index (χ0n) is 13.4. The average Bonchev–Trinajstić information content (AvgIpc) is 2.42. The summed E-state index contributed by atoms with van der Waals surface area (Å²) in [5.41, 5.74) is 10.2. The quantitative estimate of drug-likeness (QED) is 0.794. The molecule has 22 heavy (non-hydrogen) atoms. The smallest absolute Gasteiger partial charge is 0.0595 e. The second kappa shape index (κ2) is 7.04. The molecule has 0 saturated heterocycles. The second-order valence-corrected chi connectivity index (χ2v) is 7.68. The van der Waals surface area contributed by atoms with E-state index in [2.05, 4.69) is 45.0 Å². The third kappa shape index (κ3) is 4.74. The van der Waals surface area contributed by atoms with E-state index in [0.29, 0.717) is 10.0 Å². The maximum absolute atomic E-state index is 6.27. The van der Waals surface area contributed by atoms with E-state index in [-0.39, 0.29) is 11.5 Å². The molecule has 0 saturated carbocycles. The van der Waals surface area contributed by atoms with Crippen molar-refractivity contribution < 1.29 is 0 Å². The molecule has 0 heterocycles. The maximum Gasteiger partial charge on any atom is 0.0595 e. The molecule has 0 spiro atoms. The van der Waals surface area contributed by atoms with Gasteiger partial charge >= 0.3 is 0 Å². The highest BCUT2D eigenvalue weighted by molar-refractivity contribution is 6.42. The fraction of sp³-hybridized carbons (Fsp3) is 0.368. The van der Waals surface area contributed by atoms with Gasteiger partial charge in [-0.1, -0.05) is 74.3 Å². The van der Waals surface area contributed by atoms with E-state index >= 15 is 0 Å². The van der Waals surface area contributed by atoms with Gasteiger partial charge in [-0.3, -0.25) is 0 Å². The largest absolute Gasteiger partial charge is 0.327 e. The minimum absolute atomic E-state index is 0.0673. The Balaban J connectivity index is 1.99. The van der Waals surface area contributed by atoms with Crippen LogP contribution in [-0.4, -0.2) is 6.04 Å². The van der Waals surface area contributed by atoms with E-state index < -0.39 is 0 Å². The normalized spacial score (nSPS) is 13.2. The van der Waals surface area contributed by atoms with Crippen molar-refractivity contribution in [3.63, 3.8) is 0 Å². The first-order chi connectivity index (χ1) is 10.3. The van der Waals surface area contributed by atoms with Crippen LogP contribution in [0.4, 0.5) is 0 Å². The van der Waals surface area contributed by atoms with Gasteiger partial charge in [-0.2, -0.15) is 0 Å². The summed E-state index contributed by atoms with van der Waals surface area (Å²) in [7, 11) is 0. The van der Waals surface area contributed by atoms with E-state index in [0.717, 1.165) is 18.4 Å². The Morgan fingerprint density at radius 1 is 0.864 bits per heavy atom. The Kier molecular flexibility index (Phi) is 5.55. The number of halogens is 2. The third-order valence-electron chi connectivity index (χ3n) is 3.80. The molecule has 0 aliphatic heterocycles. The van der Waals surface area contributed by atoms with Gasteiger partial charge < -0.3 is 5.73 Å². The fourth-order valence-corrected chi connectivity index (χ4v) is 2.81. The minimum atomic E-state index is 0.0673. The zero-order chi connectivity index (χ0) is 16.3. The lowest BCUT2D eigenvalue weighted by molar-refractivity contribution is 0.589. The number of hydrogen-bond acceptors (Lipinski definition) is 1. The summed E-state index contributed by atoms with van der Waals surface area (Å²) in [5.74, 6) is 0. The lowest BCUT2D eigenvalue weighted by Gasteiger charge is -2.19. The molecular formula is C19H23Cl2N. The molecule has 2 aromatic carbocycles. The van der Waals surface area contributed by atoms with Crippen LogP contribution >= 0.6 is 23.2 Å². The van der Waals surface area contributed by atoms with Gasteiger partial charge in [0.05, 0.1) is 10.0 Å². The lowest BCUT2D eigenvalue weighted by atomic mass is 9.86. The van der Waals surface area contributed by atoms with Crippen LogP contribution in [0.5, 0.6) is 0 Å². The molecule has 0 amide bonds. The highest BCUT2D eigenvalue weighted by atomic mass is 35.5. The number of rotatable bonds is 4. The van der Waals surface area contributed by atoms with Crippen molar-refractivity contribution in [3.8, 4) is 0 Å². The van der Waals surface area contributed by atoms with Crippen LogP contribution in [0.2, 0.25) is 10.0 Å². The van der Waals surface area contributed by atoms with Gasteiger partial charge in [0.25, 0.3) is 0 Å². The van der Waals surface area contributed by atoms with Crippen LogP contribution in [0, 0.1) is 0 Å². The molecule has 0 radical (unpaired) electrons.